The molecule has 0 aromatic heterocycles. The molecular formula is CFeO2S. The zero-order valence-electron chi connectivity index (χ0n) is 2.08. The molecule has 0 aromatic carbocycles. The Bertz CT molecular complexity index is 32.6. The Labute approximate surface area is 45.4 Å². The van der Waals surface area contributed by atoms with Crippen LogP contribution in [0.15, 0.2) is 0 Å². The molecule has 0 N–H and O–H groups in total. The Kier molecular flexibility index (Phi) is 7.54. The van der Waals surface area contributed by atoms with E-state index < -0.39 is 5.30 Å². The van der Waals surface area contributed by atoms with Crippen LogP contribution >= 0.6 is 0 Å². The summed E-state index contributed by atoms with van der Waals surface area (Å²) >= 11 is 3.43. The summed E-state index contributed by atoms with van der Waals surface area (Å²) in [7, 11) is 0. The molecule has 0 rings (SSSR count). The summed E-state index contributed by atoms with van der Waals surface area (Å²) in [6.45, 7) is 0. The van der Waals surface area contributed by atoms with E-state index in [-0.39, 0.29) is 17.1 Å². The summed E-state index contributed by atoms with van der Waals surface area (Å²) in [6.07, 6.45) is 0. The molecule has 0 radical (unpaired) electrons. The Balaban J connectivity index is 0. The molecule has 0 bridgehead atoms. The second kappa shape index (κ2) is 4.21. The Morgan fingerprint density at radius 3 is 1.80 bits per heavy atom. The van der Waals surface area contributed by atoms with E-state index in [1.54, 1.807) is 0 Å². The molecule has 0 unspecified atom stereocenters. The normalized spacial score (nSPS) is 4.80. The van der Waals surface area contributed by atoms with Gasteiger partial charge in [0.25, 0.3) is 0 Å². The minimum absolute atomic E-state index is 0. The topological polar surface area (TPSA) is 40.1 Å². The average molecular weight is 132 g/mol. The molecule has 0 aliphatic rings. The van der Waals surface area contributed by atoms with E-state index in [0.717, 1.165) is 0 Å². The molecule has 5 heavy (non-hydrogen) atoms. The minimum atomic E-state index is -1.50. The number of carboxylic acid groups (broad SMARTS) is 1. The van der Waals surface area contributed by atoms with Crippen molar-refractivity contribution in [3.05, 3.63) is 0 Å². The van der Waals surface area contributed by atoms with Gasteiger partial charge in [-0.25, -0.2) is 0 Å². The zero-order chi connectivity index (χ0) is 3.58. The first-order valence-corrected chi connectivity index (χ1v) is 1.02. The molecule has 0 heterocycles. The van der Waals surface area contributed by atoms with Crippen LogP contribution in [0.5, 0.6) is 0 Å². The third-order valence-corrected chi connectivity index (χ3v) is 0. The molecule has 0 amide bonds. The van der Waals surface area contributed by atoms with Crippen LogP contribution < -0.4 is 5.11 Å². The zero-order valence-corrected chi connectivity index (χ0v) is 4.00. The van der Waals surface area contributed by atoms with E-state index in [2.05, 4.69) is 12.6 Å². The van der Waals surface area contributed by atoms with E-state index in [9.17, 15) is 0 Å². The van der Waals surface area contributed by atoms with Gasteiger partial charge in [0, 0.05) is 0 Å². The fourth-order valence-electron chi connectivity index (χ4n) is 0. The largest absolute Gasteiger partial charge is 2.00 e. The van der Waals surface area contributed by atoms with Gasteiger partial charge in [-0.05, 0) is 0 Å². The van der Waals surface area contributed by atoms with Gasteiger partial charge in [-0.3, -0.25) is 0 Å². The first kappa shape index (κ1) is 8.96. The average Bonchev–Trinajstić information content (AvgIpc) is 0.811. The molecule has 30 valence electrons. The molecule has 0 aliphatic heterocycles. The molecular weight excluding hydrogens is 132 g/mol. The van der Waals surface area contributed by atoms with Gasteiger partial charge in [-0.15, -0.1) is 0 Å². The molecule has 0 saturated heterocycles. The maximum absolute atomic E-state index is 8.70. The summed E-state index contributed by atoms with van der Waals surface area (Å²) in [5, 5.41) is 7.20. The number of carbonyl (C=O) groups excluding carboxylic acids is 1. The van der Waals surface area contributed by atoms with Crippen molar-refractivity contribution >= 4 is 17.9 Å². The van der Waals surface area contributed by atoms with E-state index >= 15 is 0 Å². The molecule has 0 saturated carbocycles. The van der Waals surface area contributed by atoms with E-state index in [1.165, 1.54) is 0 Å². The monoisotopic (exact) mass is 132 g/mol. The van der Waals surface area contributed by atoms with Gasteiger partial charge in [0.1, 0.15) is 0 Å². The summed E-state index contributed by atoms with van der Waals surface area (Å²) in [5.74, 6) is 0. The van der Waals surface area contributed by atoms with Gasteiger partial charge in [-0.2, -0.15) is 0 Å². The second-order valence-electron chi connectivity index (χ2n) is 0.250. The Hall–Kier alpha value is 0.209. The van der Waals surface area contributed by atoms with Gasteiger partial charge in [0.05, 0.1) is 0 Å². The van der Waals surface area contributed by atoms with Crippen LogP contribution in [0.4, 0.5) is 4.79 Å². The molecule has 4 heteroatoms. The van der Waals surface area contributed by atoms with Crippen LogP contribution in [0.1, 0.15) is 0 Å². The van der Waals surface area contributed by atoms with Crippen LogP contribution in [0, 0.1) is 0 Å². The van der Waals surface area contributed by atoms with E-state index in [0.29, 0.717) is 0 Å². The minimum Gasteiger partial charge on any atom is -0.764 e. The molecule has 0 aliphatic carbocycles. The third-order valence-electron chi connectivity index (χ3n) is 0. The summed E-state index contributed by atoms with van der Waals surface area (Å²) < 4.78 is 0. The van der Waals surface area contributed by atoms with Gasteiger partial charge in [-0.1, -0.05) is 5.30 Å². The quantitative estimate of drug-likeness (QED) is 0.309. The van der Waals surface area contributed by atoms with Crippen LogP contribution in [-0.4, -0.2) is 5.30 Å². The summed E-state index contributed by atoms with van der Waals surface area (Å²) in [6, 6.07) is 0. The SMILES string of the molecule is O=C([O-])[S-].[Fe+2]. The van der Waals surface area contributed by atoms with Crippen molar-refractivity contribution < 1.29 is 27.0 Å². The first-order valence-electron chi connectivity index (χ1n) is 0.612. The predicted octanol–water partition coefficient (Wildman–Crippen LogP) is -1.13. The molecule has 0 atom stereocenters. The van der Waals surface area contributed by atoms with Crippen molar-refractivity contribution in [1.82, 2.24) is 0 Å². The first-order chi connectivity index (χ1) is 1.73. The van der Waals surface area contributed by atoms with Gasteiger partial charge >= 0.3 is 17.1 Å². The van der Waals surface area contributed by atoms with Crippen LogP contribution in [-0.2, 0) is 29.7 Å². The van der Waals surface area contributed by atoms with Crippen molar-refractivity contribution in [2.24, 2.45) is 0 Å². The standard InChI is InChI=1S/CH2O2S.Fe/c2-1(3)4;/h4H,(H,2,3);/q;+2/p-2. The number of carbonyl (C=O) groups is 1. The molecule has 2 nitrogen and oxygen atoms in total. The molecule has 0 spiro atoms. The molecule has 0 fully saturated rings. The smallest absolute Gasteiger partial charge is 0.764 e. The van der Waals surface area contributed by atoms with Crippen LogP contribution in [0.25, 0.3) is 0 Å². The van der Waals surface area contributed by atoms with E-state index in [1.807, 2.05) is 0 Å². The Morgan fingerprint density at radius 1 is 1.80 bits per heavy atom. The maximum Gasteiger partial charge on any atom is 2.00 e. The Morgan fingerprint density at radius 2 is 1.80 bits per heavy atom. The van der Waals surface area contributed by atoms with Crippen molar-refractivity contribution in [3.63, 3.8) is 0 Å². The van der Waals surface area contributed by atoms with Crippen molar-refractivity contribution in [2.75, 3.05) is 0 Å². The van der Waals surface area contributed by atoms with Gasteiger partial charge in [0.2, 0.25) is 0 Å². The second-order valence-corrected chi connectivity index (χ2v) is 0.583. The summed E-state index contributed by atoms with van der Waals surface area (Å²) in [4.78, 5) is 8.70. The number of hydrogen-bond acceptors (Lipinski definition) is 3. The predicted molar refractivity (Wildman–Crippen MR) is 12.8 cm³/mol. The fourth-order valence-corrected chi connectivity index (χ4v) is 0. The van der Waals surface area contributed by atoms with Crippen molar-refractivity contribution in [1.29, 1.82) is 0 Å². The summed E-state index contributed by atoms with van der Waals surface area (Å²) in [5.41, 5.74) is 0. The maximum atomic E-state index is 8.70. The van der Waals surface area contributed by atoms with Crippen molar-refractivity contribution in [2.45, 2.75) is 0 Å². The van der Waals surface area contributed by atoms with Crippen LogP contribution in [0.3, 0.4) is 0 Å². The molecule has 0 aromatic rings. The van der Waals surface area contributed by atoms with Gasteiger partial charge < -0.3 is 22.5 Å². The number of rotatable bonds is 0. The van der Waals surface area contributed by atoms with Crippen LogP contribution in [0.2, 0.25) is 0 Å². The van der Waals surface area contributed by atoms with E-state index in [4.69, 9.17) is 9.90 Å². The number of hydrogen-bond donors (Lipinski definition) is 0. The third kappa shape index (κ3) is 468. The van der Waals surface area contributed by atoms with Gasteiger partial charge in [0.15, 0.2) is 0 Å². The van der Waals surface area contributed by atoms with Crippen molar-refractivity contribution in [3.8, 4) is 0 Å². The fraction of sp³-hybridized carbons (Fsp3) is 0.